The van der Waals surface area contributed by atoms with E-state index < -0.39 is 0 Å². The second-order valence-electron chi connectivity index (χ2n) is 5.94. The van der Waals surface area contributed by atoms with Crippen molar-refractivity contribution in [3.63, 3.8) is 0 Å². The third-order valence-corrected chi connectivity index (χ3v) is 3.99. The number of nitriles is 1. The minimum Gasteiger partial charge on any atom is -0.497 e. The van der Waals surface area contributed by atoms with Crippen LogP contribution in [0.25, 0.3) is 11.0 Å². The highest BCUT2D eigenvalue weighted by Crippen LogP contribution is 2.23. The van der Waals surface area contributed by atoms with Crippen molar-refractivity contribution in [2.24, 2.45) is 0 Å². The Labute approximate surface area is 145 Å². The highest BCUT2D eigenvalue weighted by atomic mass is 16.5. The van der Waals surface area contributed by atoms with Crippen LogP contribution in [0.5, 0.6) is 5.75 Å². The van der Waals surface area contributed by atoms with E-state index in [9.17, 15) is 4.79 Å². The molecule has 0 aliphatic heterocycles. The first-order chi connectivity index (χ1) is 12.1. The van der Waals surface area contributed by atoms with Crippen LogP contribution in [0.2, 0.25) is 0 Å². The van der Waals surface area contributed by atoms with Gasteiger partial charge >= 0.3 is 5.63 Å². The molecule has 0 aliphatic carbocycles. The summed E-state index contributed by atoms with van der Waals surface area (Å²) in [5.41, 5.74) is 2.73. The fraction of sp³-hybridized carbons (Fsp3) is 0.200. The van der Waals surface area contributed by atoms with Gasteiger partial charge in [0.15, 0.2) is 0 Å². The van der Waals surface area contributed by atoms with Gasteiger partial charge in [0.1, 0.15) is 11.3 Å². The fourth-order valence-electron chi connectivity index (χ4n) is 2.87. The molecular formula is C20H18N2O3. The summed E-state index contributed by atoms with van der Waals surface area (Å²) in [5.74, 6) is 0.648. The summed E-state index contributed by atoms with van der Waals surface area (Å²) in [6.07, 6.45) is 0. The van der Waals surface area contributed by atoms with Crippen LogP contribution in [-0.2, 0) is 13.1 Å². The smallest absolute Gasteiger partial charge is 0.336 e. The molecular weight excluding hydrogens is 316 g/mol. The van der Waals surface area contributed by atoms with Crippen LogP contribution in [0, 0.1) is 11.3 Å². The van der Waals surface area contributed by atoms with E-state index in [4.69, 9.17) is 14.4 Å². The minimum atomic E-state index is -0.379. The Kier molecular flexibility index (Phi) is 4.82. The number of hydrogen-bond acceptors (Lipinski definition) is 5. The summed E-state index contributed by atoms with van der Waals surface area (Å²) in [7, 11) is 3.55. The van der Waals surface area contributed by atoms with Gasteiger partial charge < -0.3 is 9.15 Å². The Morgan fingerprint density at radius 2 is 2.00 bits per heavy atom. The molecule has 2 aromatic carbocycles. The minimum absolute atomic E-state index is 0.379. The van der Waals surface area contributed by atoms with Crippen molar-refractivity contribution in [1.29, 1.82) is 5.26 Å². The molecule has 1 aromatic heterocycles. The number of hydrogen-bond donors (Lipinski definition) is 0. The van der Waals surface area contributed by atoms with Crippen LogP contribution in [0.4, 0.5) is 0 Å². The maximum absolute atomic E-state index is 11.9. The van der Waals surface area contributed by atoms with Crippen molar-refractivity contribution in [1.82, 2.24) is 4.90 Å². The summed E-state index contributed by atoms with van der Waals surface area (Å²) >= 11 is 0. The van der Waals surface area contributed by atoms with Crippen LogP contribution >= 0.6 is 0 Å². The molecule has 0 aliphatic rings. The molecule has 0 radical (unpaired) electrons. The van der Waals surface area contributed by atoms with E-state index in [2.05, 4.69) is 11.0 Å². The third-order valence-electron chi connectivity index (χ3n) is 3.99. The van der Waals surface area contributed by atoms with Crippen molar-refractivity contribution < 1.29 is 9.15 Å². The van der Waals surface area contributed by atoms with E-state index in [0.29, 0.717) is 30.0 Å². The van der Waals surface area contributed by atoms with E-state index in [1.54, 1.807) is 19.2 Å². The van der Waals surface area contributed by atoms with E-state index in [0.717, 1.165) is 16.5 Å². The van der Waals surface area contributed by atoms with E-state index >= 15 is 0 Å². The molecule has 0 amide bonds. The predicted octanol–water partition coefficient (Wildman–Crippen LogP) is 3.31. The van der Waals surface area contributed by atoms with Gasteiger partial charge in [0.05, 0.1) is 18.7 Å². The van der Waals surface area contributed by atoms with Crippen molar-refractivity contribution in [2.75, 3.05) is 14.2 Å². The zero-order valence-corrected chi connectivity index (χ0v) is 14.2. The van der Waals surface area contributed by atoms with E-state index in [1.165, 1.54) is 6.07 Å². The van der Waals surface area contributed by atoms with Gasteiger partial charge in [0.25, 0.3) is 0 Å². The first kappa shape index (κ1) is 16.7. The molecule has 5 nitrogen and oxygen atoms in total. The Morgan fingerprint density at radius 1 is 1.16 bits per heavy atom. The summed E-state index contributed by atoms with van der Waals surface area (Å²) in [4.78, 5) is 14.0. The maximum atomic E-state index is 11.9. The van der Waals surface area contributed by atoms with Gasteiger partial charge in [-0.3, -0.25) is 4.90 Å². The van der Waals surface area contributed by atoms with Gasteiger partial charge in [-0.15, -0.1) is 0 Å². The van der Waals surface area contributed by atoms with Crippen LogP contribution in [-0.4, -0.2) is 19.1 Å². The average molecular weight is 334 g/mol. The molecule has 0 spiro atoms. The van der Waals surface area contributed by atoms with E-state index in [1.807, 2.05) is 37.4 Å². The lowest BCUT2D eigenvalue weighted by Crippen LogP contribution is -2.18. The average Bonchev–Trinajstić information content (AvgIpc) is 2.61. The van der Waals surface area contributed by atoms with Crippen LogP contribution in [0.1, 0.15) is 16.7 Å². The molecule has 0 N–H and O–H groups in total. The fourth-order valence-corrected chi connectivity index (χ4v) is 2.87. The largest absolute Gasteiger partial charge is 0.497 e. The Balaban J connectivity index is 1.86. The van der Waals surface area contributed by atoms with Gasteiger partial charge in [0.2, 0.25) is 0 Å². The standard InChI is InChI=1S/C20H18N2O3/c1-22(12-15-5-3-4-14(8-15)11-21)13-16-9-20(23)25-19-10-17(24-2)6-7-18(16)19/h3-10H,12-13H2,1-2H3. The Hall–Kier alpha value is -3.10. The zero-order valence-electron chi connectivity index (χ0n) is 14.2. The second kappa shape index (κ2) is 7.20. The Morgan fingerprint density at radius 3 is 2.76 bits per heavy atom. The summed E-state index contributed by atoms with van der Waals surface area (Å²) in [6, 6.07) is 16.7. The van der Waals surface area contributed by atoms with Gasteiger partial charge in [-0.05, 0) is 42.4 Å². The quantitative estimate of drug-likeness (QED) is 0.670. The highest BCUT2D eigenvalue weighted by Gasteiger charge is 2.10. The number of benzene rings is 2. The lowest BCUT2D eigenvalue weighted by Gasteiger charge is -2.18. The zero-order chi connectivity index (χ0) is 17.8. The third kappa shape index (κ3) is 3.87. The van der Waals surface area contributed by atoms with Gasteiger partial charge in [-0.1, -0.05) is 12.1 Å². The van der Waals surface area contributed by atoms with E-state index in [-0.39, 0.29) is 5.63 Å². The lowest BCUT2D eigenvalue weighted by molar-refractivity contribution is 0.319. The molecule has 126 valence electrons. The first-order valence-electron chi connectivity index (χ1n) is 7.87. The Bertz CT molecular complexity index is 1000. The summed E-state index contributed by atoms with van der Waals surface area (Å²) in [6.45, 7) is 1.26. The topological polar surface area (TPSA) is 66.5 Å². The van der Waals surface area contributed by atoms with Crippen molar-refractivity contribution in [3.8, 4) is 11.8 Å². The molecule has 0 bridgehead atoms. The maximum Gasteiger partial charge on any atom is 0.336 e. The van der Waals surface area contributed by atoms with Gasteiger partial charge in [-0.25, -0.2) is 4.79 Å². The number of ether oxygens (including phenoxy) is 1. The van der Waals surface area contributed by atoms with Gasteiger partial charge in [-0.2, -0.15) is 5.26 Å². The van der Waals surface area contributed by atoms with Crippen LogP contribution < -0.4 is 10.4 Å². The monoisotopic (exact) mass is 334 g/mol. The SMILES string of the molecule is COc1ccc2c(CN(C)Cc3cccc(C#N)c3)cc(=O)oc2c1. The molecule has 25 heavy (non-hydrogen) atoms. The molecule has 0 saturated heterocycles. The summed E-state index contributed by atoms with van der Waals surface area (Å²) < 4.78 is 10.5. The van der Waals surface area contributed by atoms with Crippen LogP contribution in [0.3, 0.4) is 0 Å². The molecule has 0 unspecified atom stereocenters. The van der Waals surface area contributed by atoms with Crippen LogP contribution in [0.15, 0.2) is 57.7 Å². The van der Waals surface area contributed by atoms with Crippen molar-refractivity contribution in [3.05, 3.63) is 75.6 Å². The highest BCUT2D eigenvalue weighted by molar-refractivity contribution is 5.81. The molecule has 3 rings (SSSR count). The predicted molar refractivity (Wildman–Crippen MR) is 95.4 cm³/mol. The first-order valence-corrected chi connectivity index (χ1v) is 7.87. The van der Waals surface area contributed by atoms with Gasteiger partial charge in [0, 0.05) is 30.6 Å². The molecule has 1 heterocycles. The normalized spacial score (nSPS) is 10.8. The van der Waals surface area contributed by atoms with Crippen molar-refractivity contribution >= 4 is 11.0 Å². The molecule has 0 saturated carbocycles. The number of fused-ring (bicyclic) bond motifs is 1. The number of nitrogens with zero attached hydrogens (tertiary/aromatic N) is 2. The second-order valence-corrected chi connectivity index (χ2v) is 5.94. The van der Waals surface area contributed by atoms with Crippen molar-refractivity contribution in [2.45, 2.75) is 13.1 Å². The summed E-state index contributed by atoms with van der Waals surface area (Å²) in [5, 5.41) is 9.89. The lowest BCUT2D eigenvalue weighted by atomic mass is 10.1. The molecule has 5 heteroatoms. The number of methoxy groups -OCH3 is 1. The molecule has 3 aromatic rings. The number of rotatable bonds is 5. The molecule has 0 fully saturated rings. The molecule has 0 atom stereocenters.